The van der Waals surface area contributed by atoms with Crippen molar-refractivity contribution in [2.75, 3.05) is 7.11 Å². The molecule has 1 aromatic heterocycles. The highest BCUT2D eigenvalue weighted by Crippen LogP contribution is 2.34. The lowest BCUT2D eigenvalue weighted by Gasteiger charge is -2.20. The Hall–Kier alpha value is -4.21. The Morgan fingerprint density at radius 2 is 1.89 bits per heavy atom. The number of rotatable bonds is 6. The number of hydrogen-bond acceptors (Lipinski definition) is 7. The Bertz CT molecular complexity index is 1640. The predicted octanol–water partition coefficient (Wildman–Crippen LogP) is 6.16. The lowest BCUT2D eigenvalue weighted by Crippen LogP contribution is -2.35. The molecular weight excluding hydrogens is 504 g/mol. The molecule has 2 aliphatic rings. The highest BCUT2D eigenvalue weighted by molar-refractivity contribution is 8.27. The second-order valence-corrected chi connectivity index (χ2v) is 10.1. The molecule has 1 amide bonds. The van der Waals surface area contributed by atoms with E-state index in [9.17, 15) is 4.79 Å². The molecule has 182 valence electrons. The summed E-state index contributed by atoms with van der Waals surface area (Å²) < 4.78 is 11.7. The van der Waals surface area contributed by atoms with Crippen LogP contribution in [0, 0.1) is 5.41 Å². The van der Waals surface area contributed by atoms with Crippen molar-refractivity contribution in [1.29, 1.82) is 5.41 Å². The first-order valence-corrected chi connectivity index (χ1v) is 13.1. The summed E-state index contributed by atoms with van der Waals surface area (Å²) in [6.45, 7) is 0.385. The van der Waals surface area contributed by atoms with Crippen LogP contribution in [-0.4, -0.2) is 34.1 Å². The topological polar surface area (TPSA) is 87.3 Å². The highest BCUT2D eigenvalue weighted by Gasteiger charge is 2.36. The van der Waals surface area contributed by atoms with Gasteiger partial charge in [-0.25, -0.2) is 0 Å². The van der Waals surface area contributed by atoms with E-state index in [1.54, 1.807) is 36.7 Å². The molecular formula is C28H20N4O3S2. The zero-order chi connectivity index (χ0) is 25.4. The standard InChI is InChI=1S/C28H20N4O3S2/c1-34-23-15-17(11-12-22(23)35-16-19-8-4-7-18-6-2-3-9-20(18)19)14-21-25(29)32-28(30-26(21)33)37-27(31-32)24-10-5-13-36-24/h2-15,29H,16H2,1H3/b21-14-,29-25?. The van der Waals surface area contributed by atoms with E-state index in [2.05, 4.69) is 28.3 Å². The molecule has 37 heavy (non-hydrogen) atoms. The number of carbonyl (C=O) groups is 1. The zero-order valence-electron chi connectivity index (χ0n) is 19.7. The fraction of sp³-hybridized carbons (Fsp3) is 0.0714. The molecule has 0 atom stereocenters. The minimum atomic E-state index is -0.471. The first kappa shape index (κ1) is 23.2. The van der Waals surface area contributed by atoms with Gasteiger partial charge >= 0.3 is 0 Å². The number of carbonyl (C=O) groups excluding carboxylic acids is 1. The number of thiophene rings is 1. The third-order valence-electron chi connectivity index (χ3n) is 5.95. The van der Waals surface area contributed by atoms with Gasteiger partial charge in [0.25, 0.3) is 5.91 Å². The van der Waals surface area contributed by atoms with Gasteiger partial charge in [0.2, 0.25) is 5.17 Å². The largest absolute Gasteiger partial charge is 0.493 e. The fourth-order valence-electron chi connectivity index (χ4n) is 4.13. The summed E-state index contributed by atoms with van der Waals surface area (Å²) >= 11 is 2.84. The Morgan fingerprint density at radius 1 is 1.03 bits per heavy atom. The van der Waals surface area contributed by atoms with Gasteiger partial charge in [0.1, 0.15) is 11.7 Å². The Morgan fingerprint density at radius 3 is 2.73 bits per heavy atom. The van der Waals surface area contributed by atoms with E-state index in [-0.39, 0.29) is 11.4 Å². The molecule has 7 nitrogen and oxygen atoms in total. The summed E-state index contributed by atoms with van der Waals surface area (Å²) in [6.07, 6.45) is 1.63. The predicted molar refractivity (Wildman–Crippen MR) is 150 cm³/mol. The summed E-state index contributed by atoms with van der Waals surface area (Å²) in [5, 5.41) is 19.9. The molecule has 0 spiro atoms. The molecule has 4 aromatic rings. The summed E-state index contributed by atoms with van der Waals surface area (Å²) in [4.78, 5) is 17.9. The van der Waals surface area contributed by atoms with Crippen molar-refractivity contribution < 1.29 is 14.3 Å². The van der Waals surface area contributed by atoms with Crippen molar-refractivity contribution >= 4 is 61.9 Å². The number of methoxy groups -OCH3 is 1. The number of hydrogen-bond donors (Lipinski definition) is 1. The van der Waals surface area contributed by atoms with E-state index >= 15 is 0 Å². The SMILES string of the molecule is COc1cc(/C=C2/C(=N)N3N=C(c4cccs4)SC3=NC2=O)ccc1OCc1cccc2ccccc12. The second-order valence-electron chi connectivity index (χ2n) is 8.24. The van der Waals surface area contributed by atoms with E-state index in [1.807, 2.05) is 47.8 Å². The van der Waals surface area contributed by atoms with Gasteiger partial charge in [0, 0.05) is 0 Å². The van der Waals surface area contributed by atoms with Crippen molar-refractivity contribution in [1.82, 2.24) is 5.01 Å². The van der Waals surface area contributed by atoms with Gasteiger partial charge < -0.3 is 9.47 Å². The average molecular weight is 525 g/mol. The van der Waals surface area contributed by atoms with Gasteiger partial charge in [-0.2, -0.15) is 15.1 Å². The van der Waals surface area contributed by atoms with Crippen molar-refractivity contribution in [3.63, 3.8) is 0 Å². The molecule has 3 aromatic carbocycles. The molecule has 3 heterocycles. The minimum absolute atomic E-state index is 0.00990. The molecule has 0 aliphatic carbocycles. The number of benzene rings is 3. The number of hydrazone groups is 1. The van der Waals surface area contributed by atoms with Crippen LogP contribution in [0.25, 0.3) is 16.8 Å². The normalized spacial score (nSPS) is 16.1. The van der Waals surface area contributed by atoms with Crippen molar-refractivity contribution in [3.05, 3.63) is 99.8 Å². The lowest BCUT2D eigenvalue weighted by molar-refractivity contribution is -0.114. The van der Waals surface area contributed by atoms with Gasteiger partial charge in [-0.15, -0.1) is 11.3 Å². The smallest absolute Gasteiger partial charge is 0.283 e. The van der Waals surface area contributed by atoms with Gasteiger partial charge in [0.05, 0.1) is 17.6 Å². The molecule has 0 radical (unpaired) electrons. The van der Waals surface area contributed by atoms with Crippen LogP contribution >= 0.6 is 23.1 Å². The molecule has 0 saturated heterocycles. The Balaban J connectivity index is 1.24. The zero-order valence-corrected chi connectivity index (χ0v) is 21.3. The van der Waals surface area contributed by atoms with Gasteiger partial charge in [-0.3, -0.25) is 10.2 Å². The number of thioether (sulfide) groups is 1. The molecule has 0 saturated carbocycles. The van der Waals surface area contributed by atoms with Crippen LogP contribution in [0.4, 0.5) is 0 Å². The molecule has 0 fully saturated rings. The van der Waals surface area contributed by atoms with Crippen molar-refractivity contribution in [2.24, 2.45) is 10.1 Å². The maximum atomic E-state index is 12.8. The molecule has 0 bridgehead atoms. The third-order valence-corrected chi connectivity index (χ3v) is 7.90. The van der Waals surface area contributed by atoms with Crippen molar-refractivity contribution in [2.45, 2.75) is 6.61 Å². The summed E-state index contributed by atoms with van der Waals surface area (Å²) in [7, 11) is 1.57. The Kier molecular flexibility index (Phi) is 6.07. The molecule has 1 N–H and O–H groups in total. The van der Waals surface area contributed by atoms with E-state index in [0.717, 1.165) is 26.3 Å². The summed E-state index contributed by atoms with van der Waals surface area (Å²) in [5.74, 6) is 0.637. The molecule has 9 heteroatoms. The number of ether oxygens (including phenoxy) is 2. The summed E-state index contributed by atoms with van der Waals surface area (Å²) in [5.41, 5.74) is 1.93. The number of fused-ring (bicyclic) bond motifs is 2. The van der Waals surface area contributed by atoms with Crippen molar-refractivity contribution in [3.8, 4) is 11.5 Å². The number of amides is 1. The average Bonchev–Trinajstić information content (AvgIpc) is 3.60. The third kappa shape index (κ3) is 4.43. The highest BCUT2D eigenvalue weighted by atomic mass is 32.2. The quantitative estimate of drug-likeness (QED) is 0.306. The van der Waals surface area contributed by atoms with Crippen LogP contribution in [0.15, 0.2) is 93.8 Å². The number of nitrogens with one attached hydrogen (secondary N) is 1. The van der Waals surface area contributed by atoms with Crippen LogP contribution < -0.4 is 9.47 Å². The first-order chi connectivity index (χ1) is 18.1. The van der Waals surface area contributed by atoms with Crippen LogP contribution in [0.3, 0.4) is 0 Å². The molecule has 0 unspecified atom stereocenters. The van der Waals surface area contributed by atoms with Crippen LogP contribution in [0.1, 0.15) is 16.0 Å². The number of aliphatic imine (C=N–C) groups is 1. The summed E-state index contributed by atoms with van der Waals surface area (Å²) in [6, 6.07) is 23.6. The maximum absolute atomic E-state index is 12.8. The monoisotopic (exact) mass is 524 g/mol. The van der Waals surface area contributed by atoms with Gasteiger partial charge in [-0.05, 0) is 63.3 Å². The second kappa shape index (κ2) is 9.68. The van der Waals surface area contributed by atoms with E-state index in [4.69, 9.17) is 14.9 Å². The van der Waals surface area contributed by atoms with E-state index < -0.39 is 5.91 Å². The van der Waals surface area contributed by atoms with Crippen LogP contribution in [-0.2, 0) is 11.4 Å². The van der Waals surface area contributed by atoms with Crippen LogP contribution in [0.2, 0.25) is 0 Å². The van der Waals surface area contributed by atoms with Gasteiger partial charge in [-0.1, -0.05) is 54.6 Å². The minimum Gasteiger partial charge on any atom is -0.493 e. The molecule has 2 aliphatic heterocycles. The maximum Gasteiger partial charge on any atom is 0.283 e. The Labute approximate surface area is 221 Å². The fourth-order valence-corrected chi connectivity index (χ4v) is 5.81. The lowest BCUT2D eigenvalue weighted by atomic mass is 10.1. The number of amidine groups is 2. The van der Waals surface area contributed by atoms with E-state index in [1.165, 1.54) is 16.8 Å². The van der Waals surface area contributed by atoms with Crippen LogP contribution in [0.5, 0.6) is 11.5 Å². The van der Waals surface area contributed by atoms with Gasteiger partial charge in [0.15, 0.2) is 17.3 Å². The number of nitrogens with zero attached hydrogens (tertiary/aromatic N) is 3. The van der Waals surface area contributed by atoms with E-state index in [0.29, 0.717) is 28.8 Å². The first-order valence-electron chi connectivity index (χ1n) is 11.4. The molecule has 6 rings (SSSR count).